The maximum atomic E-state index is 12.0. The first-order chi connectivity index (χ1) is 11.1. The molecule has 0 saturated heterocycles. The second-order valence-electron chi connectivity index (χ2n) is 5.07. The molecule has 2 heterocycles. The average Bonchev–Trinajstić information content (AvgIpc) is 3.00. The maximum Gasteiger partial charge on any atom is 0.248 e. The van der Waals surface area contributed by atoms with Crippen LogP contribution in [0.1, 0.15) is 18.5 Å². The molecule has 0 saturated carbocycles. The third-order valence-corrected chi connectivity index (χ3v) is 3.79. The van der Waals surface area contributed by atoms with E-state index in [4.69, 9.17) is 15.2 Å². The summed E-state index contributed by atoms with van der Waals surface area (Å²) in [5.74, 6) is 1.24. The predicted octanol–water partition coefficient (Wildman–Crippen LogP) is 1.07. The van der Waals surface area contributed by atoms with E-state index in [9.17, 15) is 4.79 Å². The summed E-state index contributed by atoms with van der Waals surface area (Å²) in [4.78, 5) is 16.2. The lowest BCUT2D eigenvalue weighted by atomic mass is 9.94. The lowest BCUT2D eigenvalue weighted by molar-refractivity contribution is -0.115. The van der Waals surface area contributed by atoms with Gasteiger partial charge in [0.05, 0.1) is 19.8 Å². The van der Waals surface area contributed by atoms with Crippen LogP contribution in [0.25, 0.3) is 0 Å². The van der Waals surface area contributed by atoms with Gasteiger partial charge in [-0.05, 0) is 25.1 Å². The molecule has 1 amide bonds. The number of aromatic nitrogens is 3. The zero-order chi connectivity index (χ0) is 16.6. The molecule has 0 aliphatic carbocycles. The number of hydrogen-bond acceptors (Lipinski definition) is 6. The van der Waals surface area contributed by atoms with Crippen molar-refractivity contribution in [1.82, 2.24) is 14.8 Å². The van der Waals surface area contributed by atoms with Crippen LogP contribution in [0.5, 0.6) is 11.5 Å². The first-order valence-electron chi connectivity index (χ1n) is 6.95. The molecule has 0 radical (unpaired) electrons. The number of fused-ring (bicyclic) bond motifs is 1. The smallest absolute Gasteiger partial charge is 0.248 e. The number of benzene rings is 1. The molecule has 1 aromatic carbocycles. The third-order valence-electron chi connectivity index (χ3n) is 3.79. The molecule has 1 aliphatic heterocycles. The predicted molar refractivity (Wildman–Crippen MR) is 83.2 cm³/mol. The van der Waals surface area contributed by atoms with E-state index in [2.05, 4.69) is 15.4 Å². The van der Waals surface area contributed by atoms with Gasteiger partial charge >= 0.3 is 0 Å². The fourth-order valence-corrected chi connectivity index (χ4v) is 2.75. The molecule has 0 bridgehead atoms. The number of amides is 1. The Morgan fingerprint density at radius 1 is 1.35 bits per heavy atom. The fourth-order valence-electron chi connectivity index (χ4n) is 2.75. The lowest BCUT2D eigenvalue weighted by Gasteiger charge is -2.28. The van der Waals surface area contributed by atoms with Gasteiger partial charge in [-0.25, -0.2) is 4.68 Å². The molecular weight excluding hydrogens is 298 g/mol. The van der Waals surface area contributed by atoms with E-state index in [1.807, 2.05) is 0 Å². The Kier molecular flexibility index (Phi) is 3.65. The topological polar surface area (TPSA) is 104 Å². The molecular formula is C15H17N5O3. The summed E-state index contributed by atoms with van der Waals surface area (Å²) in [5, 5.41) is 7.25. The van der Waals surface area contributed by atoms with Gasteiger partial charge in [-0.2, -0.15) is 10.1 Å². The number of methoxy groups -OCH3 is 2. The summed E-state index contributed by atoms with van der Waals surface area (Å²) in [5.41, 5.74) is 7.35. The standard InChI is InChI=1S/C15H17N5O3/c1-8-12(14(16)21)13(20-15(19-8)17-7-18-20)10-6-9(22-2)4-5-11(10)23-3/h4-7,13H,1-3H3,(H2,16,21)(H,17,18,19). The Balaban J connectivity index is 2.26. The highest BCUT2D eigenvalue weighted by molar-refractivity contribution is 5.95. The molecule has 23 heavy (non-hydrogen) atoms. The quantitative estimate of drug-likeness (QED) is 0.874. The van der Waals surface area contributed by atoms with Crippen molar-refractivity contribution < 1.29 is 14.3 Å². The van der Waals surface area contributed by atoms with E-state index in [1.165, 1.54) is 6.33 Å². The highest BCUT2D eigenvalue weighted by atomic mass is 16.5. The summed E-state index contributed by atoms with van der Waals surface area (Å²) in [6.45, 7) is 1.78. The normalized spacial score (nSPS) is 16.6. The summed E-state index contributed by atoms with van der Waals surface area (Å²) in [7, 11) is 3.14. The largest absolute Gasteiger partial charge is 0.497 e. The maximum absolute atomic E-state index is 12.0. The molecule has 0 spiro atoms. The number of primary amides is 1. The van der Waals surface area contributed by atoms with E-state index in [0.29, 0.717) is 34.3 Å². The average molecular weight is 315 g/mol. The van der Waals surface area contributed by atoms with Gasteiger partial charge in [0.15, 0.2) is 0 Å². The van der Waals surface area contributed by atoms with Gasteiger partial charge in [0.1, 0.15) is 23.9 Å². The second-order valence-corrected chi connectivity index (χ2v) is 5.07. The van der Waals surface area contributed by atoms with E-state index in [0.717, 1.165) is 0 Å². The van der Waals surface area contributed by atoms with Crippen LogP contribution in [0.2, 0.25) is 0 Å². The van der Waals surface area contributed by atoms with Crippen LogP contribution in [-0.2, 0) is 4.79 Å². The van der Waals surface area contributed by atoms with Gasteiger partial charge < -0.3 is 20.5 Å². The highest BCUT2D eigenvalue weighted by Crippen LogP contribution is 2.39. The van der Waals surface area contributed by atoms with Crippen LogP contribution in [0.3, 0.4) is 0 Å². The minimum absolute atomic E-state index is 0.398. The molecule has 1 atom stereocenters. The Labute approximate surface area is 132 Å². The summed E-state index contributed by atoms with van der Waals surface area (Å²) >= 11 is 0. The van der Waals surface area contributed by atoms with Crippen LogP contribution in [0.4, 0.5) is 5.95 Å². The molecule has 1 aromatic heterocycles. The number of nitrogens with zero attached hydrogens (tertiary/aromatic N) is 3. The van der Waals surface area contributed by atoms with Gasteiger partial charge in [-0.15, -0.1) is 0 Å². The number of carbonyl (C=O) groups is 1. The number of ether oxygens (including phenoxy) is 2. The van der Waals surface area contributed by atoms with Gasteiger partial charge in [-0.1, -0.05) is 0 Å². The van der Waals surface area contributed by atoms with E-state index < -0.39 is 11.9 Å². The van der Waals surface area contributed by atoms with Crippen LogP contribution in [-0.4, -0.2) is 34.9 Å². The highest BCUT2D eigenvalue weighted by Gasteiger charge is 2.34. The van der Waals surface area contributed by atoms with Crippen LogP contribution in [0, 0.1) is 0 Å². The van der Waals surface area contributed by atoms with Gasteiger partial charge in [0, 0.05) is 11.3 Å². The van der Waals surface area contributed by atoms with Crippen LogP contribution in [0.15, 0.2) is 35.8 Å². The van der Waals surface area contributed by atoms with Crippen molar-refractivity contribution in [1.29, 1.82) is 0 Å². The molecule has 1 unspecified atom stereocenters. The lowest BCUT2D eigenvalue weighted by Crippen LogP contribution is -2.32. The first kappa shape index (κ1) is 14.9. The molecule has 8 nitrogen and oxygen atoms in total. The molecule has 1 aliphatic rings. The molecule has 3 rings (SSSR count). The second kappa shape index (κ2) is 5.64. The zero-order valence-corrected chi connectivity index (χ0v) is 13.0. The molecule has 2 aromatic rings. The minimum atomic E-state index is -0.545. The number of anilines is 1. The number of nitrogens with one attached hydrogen (secondary N) is 1. The molecule has 8 heteroatoms. The number of carbonyl (C=O) groups excluding carboxylic acids is 1. The first-order valence-corrected chi connectivity index (χ1v) is 6.95. The SMILES string of the molecule is COc1ccc(OC)c(C2C(C(N)=O)=C(C)Nc3ncnn32)c1. The fraction of sp³-hybridized carbons (Fsp3) is 0.267. The number of nitrogens with two attached hydrogens (primary N) is 1. The van der Waals surface area contributed by atoms with Crippen molar-refractivity contribution in [2.45, 2.75) is 13.0 Å². The minimum Gasteiger partial charge on any atom is -0.497 e. The summed E-state index contributed by atoms with van der Waals surface area (Å²) in [6, 6.07) is 4.82. The zero-order valence-electron chi connectivity index (χ0n) is 13.0. The number of rotatable bonds is 4. The van der Waals surface area contributed by atoms with Crippen molar-refractivity contribution in [3.8, 4) is 11.5 Å². The molecule has 0 fully saturated rings. The Hall–Kier alpha value is -3.03. The van der Waals surface area contributed by atoms with Crippen molar-refractivity contribution in [2.75, 3.05) is 19.5 Å². The summed E-state index contributed by atoms with van der Waals surface area (Å²) < 4.78 is 12.3. The molecule has 120 valence electrons. The van der Waals surface area contributed by atoms with Crippen molar-refractivity contribution in [3.05, 3.63) is 41.4 Å². The van der Waals surface area contributed by atoms with Crippen molar-refractivity contribution >= 4 is 11.9 Å². The third kappa shape index (κ3) is 2.37. The molecule has 3 N–H and O–H groups in total. The Morgan fingerprint density at radius 3 is 2.78 bits per heavy atom. The van der Waals surface area contributed by atoms with E-state index in [-0.39, 0.29) is 0 Å². The summed E-state index contributed by atoms with van der Waals surface area (Å²) in [6.07, 6.45) is 1.42. The van der Waals surface area contributed by atoms with Gasteiger partial charge in [-0.3, -0.25) is 4.79 Å². The Morgan fingerprint density at radius 2 is 2.13 bits per heavy atom. The van der Waals surface area contributed by atoms with Gasteiger partial charge in [0.2, 0.25) is 11.9 Å². The van der Waals surface area contributed by atoms with Crippen molar-refractivity contribution in [2.24, 2.45) is 5.73 Å². The van der Waals surface area contributed by atoms with Gasteiger partial charge in [0.25, 0.3) is 0 Å². The number of allylic oxidation sites excluding steroid dienone is 1. The van der Waals surface area contributed by atoms with Crippen molar-refractivity contribution in [3.63, 3.8) is 0 Å². The van der Waals surface area contributed by atoms with Crippen LogP contribution >= 0.6 is 0 Å². The number of hydrogen-bond donors (Lipinski definition) is 2. The van der Waals surface area contributed by atoms with Crippen LogP contribution < -0.4 is 20.5 Å². The van der Waals surface area contributed by atoms with E-state index >= 15 is 0 Å². The monoisotopic (exact) mass is 315 g/mol. The Bertz CT molecular complexity index is 796. The van der Waals surface area contributed by atoms with E-state index in [1.54, 1.807) is 44.0 Å².